The first-order valence-electron chi connectivity index (χ1n) is 5.21. The van der Waals surface area contributed by atoms with Gasteiger partial charge in [0.05, 0.1) is 0 Å². The average molecular weight is 189 g/mol. The van der Waals surface area contributed by atoms with Crippen molar-refractivity contribution >= 4 is 5.78 Å². The number of ketones is 1. The molecule has 0 amide bonds. The van der Waals surface area contributed by atoms with Crippen LogP contribution in [0.1, 0.15) is 41.7 Å². The molecule has 14 heavy (non-hydrogen) atoms. The first-order chi connectivity index (χ1) is 6.75. The van der Waals surface area contributed by atoms with E-state index in [1.165, 1.54) is 12.8 Å². The maximum Gasteiger partial charge on any atom is 0.181 e. The van der Waals surface area contributed by atoms with Crippen LogP contribution in [-0.2, 0) is 0 Å². The molecule has 1 heterocycles. The molecule has 1 aromatic rings. The van der Waals surface area contributed by atoms with E-state index in [9.17, 15) is 4.79 Å². The van der Waals surface area contributed by atoms with E-state index in [0.29, 0.717) is 12.1 Å². The van der Waals surface area contributed by atoms with Gasteiger partial charge in [-0.05, 0) is 37.0 Å². The molecule has 2 rings (SSSR count). The van der Waals surface area contributed by atoms with Gasteiger partial charge in [0.1, 0.15) is 5.69 Å². The summed E-state index contributed by atoms with van der Waals surface area (Å²) in [6.45, 7) is 1.99. The summed E-state index contributed by atoms with van der Waals surface area (Å²) in [6, 6.07) is 3.78. The molecular weight excluding hydrogens is 174 g/mol. The molecule has 0 atom stereocenters. The highest BCUT2D eigenvalue weighted by atomic mass is 16.1. The minimum Gasteiger partial charge on any atom is -0.292 e. The number of carbonyl (C=O) groups excluding carboxylic acids is 1. The molecule has 0 saturated heterocycles. The third-order valence-corrected chi connectivity index (χ3v) is 2.68. The molecule has 0 spiro atoms. The van der Waals surface area contributed by atoms with Gasteiger partial charge in [-0.25, -0.2) is 0 Å². The van der Waals surface area contributed by atoms with Crippen molar-refractivity contribution in [3.05, 3.63) is 29.6 Å². The summed E-state index contributed by atoms with van der Waals surface area (Å²) in [5.41, 5.74) is 1.74. The number of aryl methyl sites for hydroxylation is 1. The minimum atomic E-state index is 0.195. The molecular formula is C12H15NO. The summed E-state index contributed by atoms with van der Waals surface area (Å²) < 4.78 is 0. The summed E-state index contributed by atoms with van der Waals surface area (Å²) in [5.74, 6) is 1.02. The van der Waals surface area contributed by atoms with E-state index in [2.05, 4.69) is 4.98 Å². The molecule has 1 aliphatic rings. The van der Waals surface area contributed by atoms with Crippen LogP contribution in [0.5, 0.6) is 0 Å². The Labute approximate surface area is 84.4 Å². The van der Waals surface area contributed by atoms with Gasteiger partial charge in [0.15, 0.2) is 5.78 Å². The topological polar surface area (TPSA) is 30.0 Å². The Bertz CT molecular complexity index is 342. The Morgan fingerprint density at radius 2 is 2.36 bits per heavy atom. The summed E-state index contributed by atoms with van der Waals surface area (Å²) in [7, 11) is 0. The maximum absolute atomic E-state index is 11.7. The smallest absolute Gasteiger partial charge is 0.181 e. The lowest BCUT2D eigenvalue weighted by atomic mass is 10.1. The van der Waals surface area contributed by atoms with Crippen LogP contribution in [0.15, 0.2) is 18.3 Å². The fourth-order valence-corrected chi connectivity index (χ4v) is 1.56. The van der Waals surface area contributed by atoms with Crippen LogP contribution < -0.4 is 0 Å². The van der Waals surface area contributed by atoms with Crippen LogP contribution in [0.4, 0.5) is 0 Å². The van der Waals surface area contributed by atoms with E-state index < -0.39 is 0 Å². The van der Waals surface area contributed by atoms with Crippen LogP contribution in [0, 0.1) is 12.8 Å². The largest absolute Gasteiger partial charge is 0.292 e. The highest BCUT2D eigenvalue weighted by molar-refractivity contribution is 5.94. The first-order valence-corrected chi connectivity index (χ1v) is 5.21. The summed E-state index contributed by atoms with van der Waals surface area (Å²) in [5, 5.41) is 0. The highest BCUT2D eigenvalue weighted by Gasteiger charge is 2.22. The van der Waals surface area contributed by atoms with Crippen molar-refractivity contribution in [1.82, 2.24) is 4.98 Å². The molecule has 0 radical (unpaired) electrons. The Hall–Kier alpha value is -1.18. The van der Waals surface area contributed by atoms with E-state index >= 15 is 0 Å². The fourth-order valence-electron chi connectivity index (χ4n) is 1.56. The Morgan fingerprint density at radius 1 is 1.57 bits per heavy atom. The molecule has 0 N–H and O–H groups in total. The van der Waals surface area contributed by atoms with Crippen LogP contribution >= 0.6 is 0 Å². The fraction of sp³-hybridized carbons (Fsp3) is 0.500. The van der Waals surface area contributed by atoms with Crippen LogP contribution in [0.3, 0.4) is 0 Å². The van der Waals surface area contributed by atoms with Gasteiger partial charge in [-0.1, -0.05) is 12.8 Å². The van der Waals surface area contributed by atoms with Crippen LogP contribution in [0.25, 0.3) is 0 Å². The number of Topliss-reactive ketones (excluding diaryl/α,β-unsaturated/α-hetero) is 1. The molecule has 0 aliphatic heterocycles. The van der Waals surface area contributed by atoms with Crippen molar-refractivity contribution in [1.29, 1.82) is 0 Å². The van der Waals surface area contributed by atoms with Crippen molar-refractivity contribution in [3.63, 3.8) is 0 Å². The van der Waals surface area contributed by atoms with Gasteiger partial charge >= 0.3 is 0 Å². The van der Waals surface area contributed by atoms with E-state index in [0.717, 1.165) is 17.9 Å². The van der Waals surface area contributed by atoms with Crippen molar-refractivity contribution in [2.45, 2.75) is 32.6 Å². The molecule has 2 nitrogen and oxygen atoms in total. The molecule has 1 aliphatic carbocycles. The van der Waals surface area contributed by atoms with E-state index in [1.807, 2.05) is 19.1 Å². The van der Waals surface area contributed by atoms with Crippen molar-refractivity contribution in [2.24, 2.45) is 5.92 Å². The van der Waals surface area contributed by atoms with E-state index in [4.69, 9.17) is 0 Å². The molecule has 1 aromatic heterocycles. The van der Waals surface area contributed by atoms with Gasteiger partial charge in [-0.2, -0.15) is 0 Å². The highest BCUT2D eigenvalue weighted by Crippen LogP contribution is 2.33. The SMILES string of the molecule is Cc1ccnc(C(=O)CCC2CC2)c1. The van der Waals surface area contributed by atoms with Gasteiger partial charge in [0.2, 0.25) is 0 Å². The second kappa shape index (κ2) is 3.91. The second-order valence-electron chi connectivity index (χ2n) is 4.12. The third kappa shape index (κ3) is 2.41. The molecule has 2 heteroatoms. The Morgan fingerprint density at radius 3 is 3.00 bits per heavy atom. The van der Waals surface area contributed by atoms with Gasteiger partial charge in [0, 0.05) is 12.6 Å². The maximum atomic E-state index is 11.7. The lowest BCUT2D eigenvalue weighted by molar-refractivity contribution is 0.0973. The summed E-state index contributed by atoms with van der Waals surface area (Å²) >= 11 is 0. The predicted molar refractivity (Wildman–Crippen MR) is 55.3 cm³/mol. The zero-order valence-electron chi connectivity index (χ0n) is 8.49. The lowest BCUT2D eigenvalue weighted by Crippen LogP contribution is -2.02. The number of carbonyl (C=O) groups is 1. The van der Waals surface area contributed by atoms with Crippen molar-refractivity contribution in [3.8, 4) is 0 Å². The molecule has 0 aromatic carbocycles. The average Bonchev–Trinajstić information content (AvgIpc) is 2.97. The van der Waals surface area contributed by atoms with E-state index in [1.54, 1.807) is 6.20 Å². The number of hydrogen-bond acceptors (Lipinski definition) is 2. The quantitative estimate of drug-likeness (QED) is 0.682. The summed E-state index contributed by atoms with van der Waals surface area (Å²) in [6.07, 6.45) is 6.05. The predicted octanol–water partition coefficient (Wildman–Crippen LogP) is 2.76. The Balaban J connectivity index is 1.95. The molecule has 1 fully saturated rings. The summed E-state index contributed by atoms with van der Waals surface area (Å²) in [4.78, 5) is 15.8. The first kappa shape index (κ1) is 9.38. The number of nitrogens with zero attached hydrogens (tertiary/aromatic N) is 1. The molecule has 0 unspecified atom stereocenters. The Kier molecular flexibility index (Phi) is 2.62. The monoisotopic (exact) mass is 189 g/mol. The van der Waals surface area contributed by atoms with Crippen molar-refractivity contribution in [2.75, 3.05) is 0 Å². The lowest BCUT2D eigenvalue weighted by Gasteiger charge is -2.00. The zero-order chi connectivity index (χ0) is 9.97. The normalized spacial score (nSPS) is 15.5. The van der Waals surface area contributed by atoms with Gasteiger partial charge < -0.3 is 0 Å². The van der Waals surface area contributed by atoms with E-state index in [-0.39, 0.29) is 5.78 Å². The molecule has 1 saturated carbocycles. The number of hydrogen-bond donors (Lipinski definition) is 0. The van der Waals surface area contributed by atoms with Gasteiger partial charge in [-0.3, -0.25) is 9.78 Å². The number of pyridine rings is 1. The minimum absolute atomic E-state index is 0.195. The number of aromatic nitrogens is 1. The van der Waals surface area contributed by atoms with Gasteiger partial charge in [0.25, 0.3) is 0 Å². The number of rotatable bonds is 4. The standard InChI is InChI=1S/C12H15NO/c1-9-6-7-13-11(8-9)12(14)5-4-10-2-3-10/h6-8,10H,2-5H2,1H3. The molecule has 74 valence electrons. The zero-order valence-corrected chi connectivity index (χ0v) is 8.49. The molecule has 0 bridgehead atoms. The van der Waals surface area contributed by atoms with Crippen LogP contribution in [-0.4, -0.2) is 10.8 Å². The third-order valence-electron chi connectivity index (χ3n) is 2.68. The van der Waals surface area contributed by atoms with Crippen LogP contribution in [0.2, 0.25) is 0 Å². The van der Waals surface area contributed by atoms with Crippen molar-refractivity contribution < 1.29 is 4.79 Å². The van der Waals surface area contributed by atoms with Gasteiger partial charge in [-0.15, -0.1) is 0 Å². The second-order valence-corrected chi connectivity index (χ2v) is 4.12.